The van der Waals surface area contributed by atoms with E-state index in [9.17, 15) is 9.59 Å². The fourth-order valence-electron chi connectivity index (χ4n) is 4.12. The van der Waals surface area contributed by atoms with Crippen molar-refractivity contribution < 1.29 is 43.6 Å². The Morgan fingerprint density at radius 3 is 2.00 bits per heavy atom. The van der Waals surface area contributed by atoms with Crippen molar-refractivity contribution in [1.29, 1.82) is 0 Å². The van der Waals surface area contributed by atoms with Crippen molar-refractivity contribution in [3.8, 4) is 0 Å². The zero-order chi connectivity index (χ0) is 31.1. The molecule has 3 atom stereocenters. The third kappa shape index (κ3) is 14.5. The maximum absolute atomic E-state index is 11.6. The second kappa shape index (κ2) is 18.5. The molecule has 0 saturated carbocycles. The summed E-state index contributed by atoms with van der Waals surface area (Å²) in [6.07, 6.45) is 4.04. The minimum Gasteiger partial charge on any atom is -0.481 e. The topological polar surface area (TPSA) is 136 Å². The average molecular weight is 656 g/mol. The van der Waals surface area contributed by atoms with Crippen LogP contribution in [0.15, 0.2) is 45.8 Å². The van der Waals surface area contributed by atoms with Gasteiger partial charge in [0.25, 0.3) is 11.9 Å². The lowest BCUT2D eigenvalue weighted by Gasteiger charge is -2.35. The van der Waals surface area contributed by atoms with Crippen LogP contribution in [0.5, 0.6) is 0 Å². The molecule has 2 aromatic rings. The second-order valence-electron chi connectivity index (χ2n) is 9.32. The van der Waals surface area contributed by atoms with E-state index in [1.165, 1.54) is 30.5 Å². The predicted octanol–water partition coefficient (Wildman–Crippen LogP) is 6.22. The number of aliphatic carboxylic acids is 2. The molecule has 0 aliphatic carbocycles. The van der Waals surface area contributed by atoms with E-state index in [0.717, 1.165) is 41.6 Å². The standard InChI is InChI=1S/C26H31BrO5S.2C2H4O2/c1-5-18-6-8-19(9-7-18)10-20-11-23(26(33-4)14-24(20)27)25-13-21(31-17(3)29)12-22(32-25)15-30-16(2)28;2*1-2(3)4/h6-9,11,14,21-22,25H,5,10,12-13,15H2,1-4H3;2*1H3,(H,3,4). The lowest BCUT2D eigenvalue weighted by Crippen LogP contribution is -2.37. The van der Waals surface area contributed by atoms with E-state index in [4.69, 9.17) is 34.0 Å². The highest BCUT2D eigenvalue weighted by Gasteiger charge is 2.34. The van der Waals surface area contributed by atoms with Gasteiger partial charge in [-0.25, -0.2) is 0 Å². The van der Waals surface area contributed by atoms with Crippen molar-refractivity contribution in [2.24, 2.45) is 0 Å². The molecule has 0 aromatic heterocycles. The maximum atomic E-state index is 11.6. The Morgan fingerprint density at radius 2 is 1.51 bits per heavy atom. The minimum absolute atomic E-state index is 0.144. The van der Waals surface area contributed by atoms with Crippen LogP contribution in [0.4, 0.5) is 0 Å². The van der Waals surface area contributed by atoms with Crippen LogP contribution in [0.25, 0.3) is 0 Å². The Morgan fingerprint density at radius 1 is 0.951 bits per heavy atom. The molecule has 1 heterocycles. The fraction of sp³-hybridized carbons (Fsp3) is 0.467. The van der Waals surface area contributed by atoms with E-state index in [0.29, 0.717) is 12.8 Å². The Bertz CT molecular complexity index is 1150. The van der Waals surface area contributed by atoms with Gasteiger partial charge in [0.1, 0.15) is 12.7 Å². The van der Waals surface area contributed by atoms with Gasteiger partial charge in [-0.1, -0.05) is 53.2 Å². The number of carbonyl (C=O) groups excluding carboxylic acids is 2. The van der Waals surface area contributed by atoms with E-state index < -0.39 is 11.9 Å². The summed E-state index contributed by atoms with van der Waals surface area (Å²) < 4.78 is 18.2. The van der Waals surface area contributed by atoms with Crippen LogP contribution in [-0.2, 0) is 46.2 Å². The van der Waals surface area contributed by atoms with Crippen LogP contribution in [0.1, 0.15) is 75.8 Å². The smallest absolute Gasteiger partial charge is 0.302 e. The van der Waals surface area contributed by atoms with Crippen LogP contribution in [-0.4, -0.2) is 59.2 Å². The first-order valence-electron chi connectivity index (χ1n) is 13.0. The summed E-state index contributed by atoms with van der Waals surface area (Å²) in [4.78, 5) is 42.1. The quantitative estimate of drug-likeness (QED) is 0.249. The van der Waals surface area contributed by atoms with E-state index in [-0.39, 0.29) is 36.9 Å². The van der Waals surface area contributed by atoms with Crippen molar-refractivity contribution in [2.75, 3.05) is 12.9 Å². The highest BCUT2D eigenvalue weighted by Crippen LogP contribution is 2.40. The zero-order valence-corrected chi connectivity index (χ0v) is 26.7. The molecule has 0 spiro atoms. The van der Waals surface area contributed by atoms with E-state index in [1.807, 2.05) is 6.26 Å². The van der Waals surface area contributed by atoms with Crippen molar-refractivity contribution in [3.63, 3.8) is 0 Å². The number of ether oxygens (including phenoxy) is 3. The summed E-state index contributed by atoms with van der Waals surface area (Å²) >= 11 is 5.40. The van der Waals surface area contributed by atoms with Gasteiger partial charge < -0.3 is 24.4 Å². The third-order valence-electron chi connectivity index (χ3n) is 5.74. The first-order chi connectivity index (χ1) is 19.2. The molecule has 3 rings (SSSR count). The number of thioether (sulfide) groups is 1. The number of benzene rings is 2. The average Bonchev–Trinajstić information content (AvgIpc) is 2.87. The Hall–Kier alpha value is -2.89. The largest absolute Gasteiger partial charge is 0.481 e. The molecule has 3 unspecified atom stereocenters. The van der Waals surface area contributed by atoms with Crippen LogP contribution < -0.4 is 0 Å². The molecule has 1 fully saturated rings. The molecular formula is C30H39BrO9S. The van der Waals surface area contributed by atoms with Crippen molar-refractivity contribution in [3.05, 3.63) is 63.1 Å². The normalized spacial score (nSPS) is 17.6. The lowest BCUT2D eigenvalue weighted by atomic mass is 9.93. The van der Waals surface area contributed by atoms with Gasteiger partial charge in [0.15, 0.2) is 0 Å². The van der Waals surface area contributed by atoms with Crippen LogP contribution in [0, 0.1) is 0 Å². The van der Waals surface area contributed by atoms with Crippen molar-refractivity contribution in [1.82, 2.24) is 0 Å². The summed E-state index contributed by atoms with van der Waals surface area (Å²) in [7, 11) is 0. The van der Waals surface area contributed by atoms with Gasteiger partial charge in [0.2, 0.25) is 0 Å². The van der Waals surface area contributed by atoms with Crippen LogP contribution in [0.2, 0.25) is 0 Å². The lowest BCUT2D eigenvalue weighted by molar-refractivity contribution is -0.169. The molecule has 1 saturated heterocycles. The van der Waals surface area contributed by atoms with Gasteiger partial charge in [0.05, 0.1) is 12.2 Å². The number of aryl methyl sites for hydroxylation is 1. The van der Waals surface area contributed by atoms with Gasteiger partial charge in [-0.3, -0.25) is 19.2 Å². The van der Waals surface area contributed by atoms with Gasteiger partial charge in [-0.15, -0.1) is 11.8 Å². The van der Waals surface area contributed by atoms with Gasteiger partial charge in [0, 0.05) is 49.9 Å². The molecule has 2 aromatic carbocycles. The molecule has 0 radical (unpaired) electrons. The van der Waals surface area contributed by atoms with Crippen LogP contribution >= 0.6 is 27.7 Å². The number of carboxylic acid groups (broad SMARTS) is 2. The Kier molecular flexibility index (Phi) is 16.3. The monoisotopic (exact) mass is 654 g/mol. The molecule has 9 nitrogen and oxygen atoms in total. The van der Waals surface area contributed by atoms with Gasteiger partial charge >= 0.3 is 11.9 Å². The summed E-state index contributed by atoms with van der Waals surface area (Å²) in [6, 6.07) is 13.0. The Balaban J connectivity index is 0.000000930. The second-order valence-corrected chi connectivity index (χ2v) is 11.0. The number of halogens is 1. The summed E-state index contributed by atoms with van der Waals surface area (Å²) in [6.45, 7) is 7.26. The molecule has 11 heteroatoms. The summed E-state index contributed by atoms with van der Waals surface area (Å²) in [5, 5.41) is 14.8. The van der Waals surface area contributed by atoms with Gasteiger partial charge in [-0.2, -0.15) is 0 Å². The Labute approximate surface area is 254 Å². The number of hydrogen-bond donors (Lipinski definition) is 2. The molecule has 0 bridgehead atoms. The highest BCUT2D eigenvalue weighted by atomic mass is 79.9. The highest BCUT2D eigenvalue weighted by molar-refractivity contribution is 9.10. The zero-order valence-electron chi connectivity index (χ0n) is 24.3. The molecule has 226 valence electrons. The SMILES string of the molecule is CC(=O)O.CC(=O)O.CCc1ccc(Cc2cc(C3CC(OC(C)=O)CC(COC(C)=O)O3)c(SC)cc2Br)cc1. The molecule has 0 amide bonds. The number of hydrogen-bond acceptors (Lipinski definition) is 8. The summed E-state index contributed by atoms with van der Waals surface area (Å²) in [5.74, 6) is -2.33. The molecule has 2 N–H and O–H groups in total. The molecule has 1 aliphatic rings. The molecule has 41 heavy (non-hydrogen) atoms. The number of carboxylic acids is 2. The first kappa shape index (κ1) is 36.1. The molecule has 1 aliphatic heterocycles. The summed E-state index contributed by atoms with van der Waals surface area (Å²) in [5.41, 5.74) is 4.80. The number of esters is 2. The predicted molar refractivity (Wildman–Crippen MR) is 160 cm³/mol. The van der Waals surface area contributed by atoms with Crippen molar-refractivity contribution in [2.45, 2.75) is 83.5 Å². The van der Waals surface area contributed by atoms with E-state index in [1.54, 1.807) is 11.8 Å². The number of carbonyl (C=O) groups is 4. The minimum atomic E-state index is -0.833. The third-order valence-corrected chi connectivity index (χ3v) is 7.27. The maximum Gasteiger partial charge on any atom is 0.302 e. The fourth-order valence-corrected chi connectivity index (χ4v) is 5.41. The van der Waals surface area contributed by atoms with Crippen molar-refractivity contribution >= 4 is 51.6 Å². The van der Waals surface area contributed by atoms with E-state index in [2.05, 4.69) is 59.3 Å². The molecular weight excluding hydrogens is 616 g/mol. The van der Waals surface area contributed by atoms with Crippen LogP contribution in [0.3, 0.4) is 0 Å². The number of rotatable bonds is 8. The van der Waals surface area contributed by atoms with Gasteiger partial charge in [-0.05, 0) is 47.4 Å². The first-order valence-corrected chi connectivity index (χ1v) is 15.1. The van der Waals surface area contributed by atoms with E-state index >= 15 is 0 Å².